The molecule has 0 aliphatic carbocycles. The number of piperazine rings is 1. The summed E-state index contributed by atoms with van der Waals surface area (Å²) in [5.74, 6) is 1.92. The molecule has 5 heteroatoms. The Morgan fingerprint density at radius 2 is 1.95 bits per heavy atom. The summed E-state index contributed by atoms with van der Waals surface area (Å²) in [6.45, 7) is 8.29. The molecule has 2 N–H and O–H groups in total. The number of nitrogens with zero attached hydrogens (tertiary/aromatic N) is 3. The molecule has 1 aromatic rings. The smallest absolute Gasteiger partial charge is 0.131 e. The first-order chi connectivity index (χ1) is 8.98. The number of β-amino-alcohol motifs (C(OH)–C–C–N with tert-alkyl or cyclic N) is 1. The Kier molecular flexibility index (Phi) is 4.27. The molecule has 0 spiro atoms. The van der Waals surface area contributed by atoms with Crippen molar-refractivity contribution in [2.45, 2.75) is 19.4 Å². The van der Waals surface area contributed by atoms with E-state index in [1.54, 1.807) is 0 Å². The van der Waals surface area contributed by atoms with Crippen LogP contribution >= 0.6 is 0 Å². The van der Waals surface area contributed by atoms with E-state index in [0.29, 0.717) is 0 Å². The monoisotopic (exact) mass is 264 g/mol. The number of hydrogen-bond donors (Lipinski definition) is 2. The molecule has 0 aromatic carbocycles. The maximum Gasteiger partial charge on any atom is 0.131 e. The predicted octanol–water partition coefficient (Wildman–Crippen LogP) is 1.02. The van der Waals surface area contributed by atoms with Gasteiger partial charge in [-0.05, 0) is 26.0 Å². The fourth-order valence-corrected chi connectivity index (χ4v) is 2.42. The summed E-state index contributed by atoms with van der Waals surface area (Å²) in [6.07, 6.45) is 0. The van der Waals surface area contributed by atoms with Crippen LogP contribution in [0.4, 0.5) is 11.6 Å². The van der Waals surface area contributed by atoms with Gasteiger partial charge in [0.2, 0.25) is 0 Å². The number of aromatic nitrogens is 1. The fourth-order valence-electron chi connectivity index (χ4n) is 2.42. The van der Waals surface area contributed by atoms with Crippen molar-refractivity contribution in [2.24, 2.45) is 0 Å². The zero-order valence-electron chi connectivity index (χ0n) is 12.1. The van der Waals surface area contributed by atoms with Gasteiger partial charge in [0.15, 0.2) is 0 Å². The highest BCUT2D eigenvalue weighted by atomic mass is 16.3. The number of hydrogen-bond acceptors (Lipinski definition) is 5. The van der Waals surface area contributed by atoms with Crippen LogP contribution in [0, 0.1) is 0 Å². The minimum Gasteiger partial charge on any atom is -0.389 e. The van der Waals surface area contributed by atoms with Gasteiger partial charge in [-0.2, -0.15) is 0 Å². The lowest BCUT2D eigenvalue weighted by Gasteiger charge is -2.37. The van der Waals surface area contributed by atoms with Gasteiger partial charge in [0.1, 0.15) is 11.6 Å². The maximum atomic E-state index is 9.85. The standard InChI is InChI=1S/C14H24N4O/c1-14(2,19)11-17-7-9-18(10-8-17)13-6-4-5-12(15-3)16-13/h4-6,19H,7-11H2,1-3H3,(H,15,16). The molecule has 1 saturated heterocycles. The highest BCUT2D eigenvalue weighted by Gasteiger charge is 2.23. The van der Waals surface area contributed by atoms with Crippen LogP contribution < -0.4 is 10.2 Å². The predicted molar refractivity (Wildman–Crippen MR) is 78.7 cm³/mol. The van der Waals surface area contributed by atoms with Gasteiger partial charge in [-0.25, -0.2) is 4.98 Å². The molecule has 0 bridgehead atoms. The van der Waals surface area contributed by atoms with Crippen LogP contribution in [-0.4, -0.2) is 60.4 Å². The number of rotatable bonds is 4. The third kappa shape index (κ3) is 4.08. The zero-order valence-corrected chi connectivity index (χ0v) is 12.1. The number of aliphatic hydroxyl groups is 1. The molecule has 2 rings (SSSR count). The normalized spacial score (nSPS) is 17.6. The van der Waals surface area contributed by atoms with E-state index in [4.69, 9.17) is 0 Å². The van der Waals surface area contributed by atoms with Gasteiger partial charge in [-0.1, -0.05) is 6.07 Å². The van der Waals surface area contributed by atoms with Gasteiger partial charge >= 0.3 is 0 Å². The summed E-state index contributed by atoms with van der Waals surface area (Å²) in [5, 5.41) is 12.9. The molecule has 1 fully saturated rings. The number of anilines is 2. The molecule has 1 aromatic heterocycles. The van der Waals surface area contributed by atoms with E-state index in [1.165, 1.54) is 0 Å². The Balaban J connectivity index is 1.92. The van der Waals surface area contributed by atoms with Crippen LogP contribution in [0.15, 0.2) is 18.2 Å². The highest BCUT2D eigenvalue weighted by molar-refractivity contribution is 5.47. The third-order valence-electron chi connectivity index (χ3n) is 3.30. The van der Waals surface area contributed by atoms with Gasteiger partial charge in [-0.3, -0.25) is 4.90 Å². The van der Waals surface area contributed by atoms with Gasteiger partial charge in [0.25, 0.3) is 0 Å². The van der Waals surface area contributed by atoms with E-state index in [-0.39, 0.29) is 0 Å². The minimum atomic E-state index is -0.619. The largest absolute Gasteiger partial charge is 0.389 e. The summed E-state index contributed by atoms with van der Waals surface area (Å²) < 4.78 is 0. The molecule has 1 aliphatic heterocycles. The molecule has 0 amide bonds. The Morgan fingerprint density at radius 3 is 2.53 bits per heavy atom. The quantitative estimate of drug-likeness (QED) is 0.850. The highest BCUT2D eigenvalue weighted by Crippen LogP contribution is 2.17. The van der Waals surface area contributed by atoms with Crippen LogP contribution in [0.5, 0.6) is 0 Å². The summed E-state index contributed by atoms with van der Waals surface area (Å²) >= 11 is 0. The molecular formula is C14H24N4O. The first-order valence-corrected chi connectivity index (χ1v) is 6.82. The number of nitrogens with one attached hydrogen (secondary N) is 1. The lowest BCUT2D eigenvalue weighted by atomic mass is 10.1. The summed E-state index contributed by atoms with van der Waals surface area (Å²) in [6, 6.07) is 6.04. The average Bonchev–Trinajstić information content (AvgIpc) is 2.38. The SMILES string of the molecule is CNc1cccc(N2CCN(CC(C)(C)O)CC2)n1. The van der Waals surface area contributed by atoms with Crippen LogP contribution in [0.3, 0.4) is 0 Å². The molecule has 2 heterocycles. The van der Waals surface area contributed by atoms with Gasteiger partial charge in [0, 0.05) is 39.8 Å². The first kappa shape index (κ1) is 14.1. The van der Waals surface area contributed by atoms with Crippen molar-refractivity contribution in [2.75, 3.05) is 50.0 Å². The molecular weight excluding hydrogens is 240 g/mol. The summed E-state index contributed by atoms with van der Waals surface area (Å²) in [4.78, 5) is 9.16. The zero-order chi connectivity index (χ0) is 13.9. The lowest BCUT2D eigenvalue weighted by molar-refractivity contribution is 0.0345. The van der Waals surface area contributed by atoms with Gasteiger partial charge in [-0.15, -0.1) is 0 Å². The van der Waals surface area contributed by atoms with Crippen molar-refractivity contribution < 1.29 is 5.11 Å². The molecule has 0 saturated carbocycles. The van der Waals surface area contributed by atoms with Crippen molar-refractivity contribution in [1.82, 2.24) is 9.88 Å². The molecule has 0 unspecified atom stereocenters. The second-order valence-electron chi connectivity index (χ2n) is 5.71. The number of pyridine rings is 1. The average molecular weight is 264 g/mol. The third-order valence-corrected chi connectivity index (χ3v) is 3.30. The lowest BCUT2D eigenvalue weighted by Crippen LogP contribution is -2.50. The van der Waals surface area contributed by atoms with E-state index in [1.807, 2.05) is 39.1 Å². The summed E-state index contributed by atoms with van der Waals surface area (Å²) in [5.41, 5.74) is -0.619. The molecule has 1 aliphatic rings. The van der Waals surface area contributed by atoms with Crippen LogP contribution in [-0.2, 0) is 0 Å². The minimum absolute atomic E-state index is 0.619. The van der Waals surface area contributed by atoms with Crippen molar-refractivity contribution in [1.29, 1.82) is 0 Å². The van der Waals surface area contributed by atoms with Crippen molar-refractivity contribution in [3.63, 3.8) is 0 Å². The second kappa shape index (κ2) is 5.75. The maximum absolute atomic E-state index is 9.85. The molecule has 19 heavy (non-hydrogen) atoms. The van der Waals surface area contributed by atoms with Crippen molar-refractivity contribution in [3.8, 4) is 0 Å². The van der Waals surface area contributed by atoms with Crippen LogP contribution in [0.1, 0.15) is 13.8 Å². The van der Waals surface area contributed by atoms with E-state index >= 15 is 0 Å². The Hall–Kier alpha value is -1.33. The molecule has 0 atom stereocenters. The fraction of sp³-hybridized carbons (Fsp3) is 0.643. The van der Waals surface area contributed by atoms with Crippen molar-refractivity contribution in [3.05, 3.63) is 18.2 Å². The molecule has 5 nitrogen and oxygen atoms in total. The Bertz CT molecular complexity index is 408. The van der Waals surface area contributed by atoms with Crippen LogP contribution in [0.25, 0.3) is 0 Å². The van der Waals surface area contributed by atoms with E-state index in [2.05, 4.69) is 20.1 Å². The topological polar surface area (TPSA) is 51.6 Å². The second-order valence-corrected chi connectivity index (χ2v) is 5.71. The van der Waals surface area contributed by atoms with E-state index in [0.717, 1.165) is 44.4 Å². The first-order valence-electron chi connectivity index (χ1n) is 6.82. The Morgan fingerprint density at radius 1 is 1.26 bits per heavy atom. The molecule has 106 valence electrons. The van der Waals surface area contributed by atoms with Crippen molar-refractivity contribution >= 4 is 11.6 Å². The van der Waals surface area contributed by atoms with E-state index < -0.39 is 5.60 Å². The van der Waals surface area contributed by atoms with Crippen LogP contribution in [0.2, 0.25) is 0 Å². The molecule has 0 radical (unpaired) electrons. The Labute approximate surface area is 115 Å². The van der Waals surface area contributed by atoms with Gasteiger partial charge < -0.3 is 15.3 Å². The summed E-state index contributed by atoms with van der Waals surface area (Å²) in [7, 11) is 1.88. The van der Waals surface area contributed by atoms with E-state index in [9.17, 15) is 5.11 Å². The van der Waals surface area contributed by atoms with Gasteiger partial charge in [0.05, 0.1) is 5.60 Å².